The lowest BCUT2D eigenvalue weighted by Gasteiger charge is -2.36. The van der Waals surface area contributed by atoms with Crippen LogP contribution in [0.5, 0.6) is 0 Å². The van der Waals surface area contributed by atoms with Gasteiger partial charge in [0.05, 0.1) is 12.2 Å². The summed E-state index contributed by atoms with van der Waals surface area (Å²) in [5.41, 5.74) is 0.0446. The number of hydrogen-bond acceptors (Lipinski definition) is 2. The molecule has 0 aromatic carbocycles. The Morgan fingerprint density at radius 3 is 2.00 bits per heavy atom. The van der Waals surface area contributed by atoms with Crippen LogP contribution >= 0.6 is 0 Å². The van der Waals surface area contributed by atoms with Crippen molar-refractivity contribution in [2.75, 3.05) is 0 Å². The molecule has 2 rings (SSSR count). The summed E-state index contributed by atoms with van der Waals surface area (Å²) >= 11 is 0. The first-order valence-electron chi connectivity index (χ1n) is 4.76. The fourth-order valence-electron chi connectivity index (χ4n) is 3.26. The van der Waals surface area contributed by atoms with Crippen molar-refractivity contribution in [3.63, 3.8) is 0 Å². The second-order valence-electron chi connectivity index (χ2n) is 5.27. The Morgan fingerprint density at radius 2 is 1.75 bits per heavy atom. The Labute approximate surface area is 73.6 Å². The molecule has 0 aromatic heterocycles. The normalized spacial score (nSPS) is 56.2. The van der Waals surface area contributed by atoms with E-state index in [2.05, 4.69) is 20.8 Å². The van der Waals surface area contributed by atoms with Gasteiger partial charge in [0.25, 0.3) is 0 Å². The molecule has 0 saturated heterocycles. The molecular formula is C10H18O2. The monoisotopic (exact) mass is 170 g/mol. The topological polar surface area (TPSA) is 40.5 Å². The number of hydrogen-bond donors (Lipinski definition) is 2. The summed E-state index contributed by atoms with van der Waals surface area (Å²) in [4.78, 5) is 0. The van der Waals surface area contributed by atoms with Gasteiger partial charge in [-0.25, -0.2) is 0 Å². The number of rotatable bonds is 0. The maximum absolute atomic E-state index is 9.82. The first-order chi connectivity index (χ1) is 5.39. The minimum absolute atomic E-state index is 0.0584. The number of aliphatic hydroxyl groups is 2. The highest BCUT2D eigenvalue weighted by atomic mass is 16.3. The molecule has 2 nitrogen and oxygen atoms in total. The van der Waals surface area contributed by atoms with Crippen LogP contribution in [0.3, 0.4) is 0 Å². The van der Waals surface area contributed by atoms with Gasteiger partial charge >= 0.3 is 0 Å². The Morgan fingerprint density at radius 1 is 1.17 bits per heavy atom. The average Bonchev–Trinajstić information content (AvgIpc) is 2.18. The molecule has 2 N–H and O–H groups in total. The average molecular weight is 170 g/mol. The lowest BCUT2D eigenvalue weighted by Crippen LogP contribution is -2.36. The van der Waals surface area contributed by atoms with E-state index in [1.165, 1.54) is 0 Å². The highest BCUT2D eigenvalue weighted by molar-refractivity contribution is 5.13. The molecule has 0 radical (unpaired) electrons. The maximum atomic E-state index is 9.82. The zero-order chi connectivity index (χ0) is 9.15. The van der Waals surface area contributed by atoms with Crippen molar-refractivity contribution in [1.82, 2.24) is 0 Å². The zero-order valence-corrected chi connectivity index (χ0v) is 8.04. The van der Waals surface area contributed by atoms with Crippen LogP contribution in [0.1, 0.15) is 33.6 Å². The van der Waals surface area contributed by atoms with Crippen molar-refractivity contribution >= 4 is 0 Å². The van der Waals surface area contributed by atoms with Gasteiger partial charge in [-0.3, -0.25) is 0 Å². The third-order valence-electron chi connectivity index (χ3n) is 4.71. The van der Waals surface area contributed by atoms with E-state index in [0.29, 0.717) is 5.92 Å². The van der Waals surface area contributed by atoms with E-state index >= 15 is 0 Å². The summed E-state index contributed by atoms with van der Waals surface area (Å²) in [5, 5.41) is 19.5. The van der Waals surface area contributed by atoms with Gasteiger partial charge < -0.3 is 10.2 Å². The fourth-order valence-corrected chi connectivity index (χ4v) is 3.26. The molecule has 2 fully saturated rings. The molecule has 12 heavy (non-hydrogen) atoms. The molecule has 0 aromatic rings. The Balaban J connectivity index is 2.41. The van der Waals surface area contributed by atoms with Crippen LogP contribution in [-0.2, 0) is 0 Å². The molecule has 4 atom stereocenters. The highest BCUT2D eigenvalue weighted by Crippen LogP contribution is 2.65. The highest BCUT2D eigenvalue weighted by Gasteiger charge is 2.64. The van der Waals surface area contributed by atoms with Gasteiger partial charge in [-0.15, -0.1) is 0 Å². The van der Waals surface area contributed by atoms with Crippen LogP contribution in [0.25, 0.3) is 0 Å². The summed E-state index contributed by atoms with van der Waals surface area (Å²) in [6, 6.07) is 0. The van der Waals surface area contributed by atoms with E-state index in [4.69, 9.17) is 0 Å². The Bertz CT molecular complexity index is 212. The lowest BCUT2D eigenvalue weighted by molar-refractivity contribution is -0.00727. The maximum Gasteiger partial charge on any atom is 0.0603 e. The van der Waals surface area contributed by atoms with Crippen LogP contribution < -0.4 is 0 Å². The molecule has 2 aliphatic carbocycles. The molecule has 2 heteroatoms. The quantitative estimate of drug-likeness (QED) is 0.573. The lowest BCUT2D eigenvalue weighted by atomic mass is 9.70. The van der Waals surface area contributed by atoms with Gasteiger partial charge in [-0.05, 0) is 24.2 Å². The molecule has 2 saturated carbocycles. The second kappa shape index (κ2) is 2.05. The van der Waals surface area contributed by atoms with Gasteiger partial charge in [0, 0.05) is 5.41 Å². The van der Waals surface area contributed by atoms with Crippen molar-refractivity contribution in [1.29, 1.82) is 0 Å². The fraction of sp³-hybridized carbons (Fsp3) is 1.00. The van der Waals surface area contributed by atoms with Crippen LogP contribution in [-0.4, -0.2) is 22.4 Å². The molecule has 0 unspecified atom stereocenters. The van der Waals surface area contributed by atoms with Gasteiger partial charge in [0.15, 0.2) is 0 Å². The first-order valence-corrected chi connectivity index (χ1v) is 4.76. The molecule has 70 valence electrons. The molecule has 2 aliphatic rings. The summed E-state index contributed by atoms with van der Waals surface area (Å²) in [6.07, 6.45) is 1.16. The molecule has 2 bridgehead atoms. The smallest absolute Gasteiger partial charge is 0.0603 e. The molecule has 0 aliphatic heterocycles. The number of aliphatic hydroxyl groups excluding tert-OH is 2. The predicted molar refractivity (Wildman–Crippen MR) is 46.6 cm³/mol. The van der Waals surface area contributed by atoms with Crippen molar-refractivity contribution in [2.45, 2.75) is 45.8 Å². The standard InChI is InChI=1S/C10H18O2/c1-9(2)6-4-8(12)10(9,3)5-7(6)11/h6-8,11-12H,4-5H2,1-3H3/t6-,7+,8-,10-/m1/s1. The van der Waals surface area contributed by atoms with Crippen LogP contribution in [0.2, 0.25) is 0 Å². The van der Waals surface area contributed by atoms with Gasteiger partial charge in [-0.2, -0.15) is 0 Å². The van der Waals surface area contributed by atoms with E-state index in [9.17, 15) is 10.2 Å². The van der Waals surface area contributed by atoms with Crippen LogP contribution in [0.4, 0.5) is 0 Å². The molecule has 0 amide bonds. The zero-order valence-electron chi connectivity index (χ0n) is 8.04. The minimum Gasteiger partial charge on any atom is -0.393 e. The molecular weight excluding hydrogens is 152 g/mol. The summed E-state index contributed by atoms with van der Waals surface area (Å²) in [7, 11) is 0. The van der Waals surface area contributed by atoms with Gasteiger partial charge in [-0.1, -0.05) is 20.8 Å². The van der Waals surface area contributed by atoms with Crippen LogP contribution in [0, 0.1) is 16.7 Å². The van der Waals surface area contributed by atoms with E-state index in [-0.39, 0.29) is 23.0 Å². The SMILES string of the molecule is CC1(C)[C@@H]2C[C@@H](O)[C@@]1(C)C[C@@H]2O. The van der Waals surface area contributed by atoms with Crippen molar-refractivity contribution in [2.24, 2.45) is 16.7 Å². The first kappa shape index (κ1) is 8.52. The van der Waals surface area contributed by atoms with E-state index in [1.807, 2.05) is 0 Å². The Kier molecular flexibility index (Phi) is 1.45. The summed E-state index contributed by atoms with van der Waals surface area (Å²) in [6.45, 7) is 6.45. The van der Waals surface area contributed by atoms with E-state index in [0.717, 1.165) is 12.8 Å². The molecule has 0 heterocycles. The predicted octanol–water partition coefficient (Wildman–Crippen LogP) is 1.16. The minimum atomic E-state index is -0.208. The van der Waals surface area contributed by atoms with Crippen molar-refractivity contribution in [3.8, 4) is 0 Å². The van der Waals surface area contributed by atoms with Gasteiger partial charge in [0.2, 0.25) is 0 Å². The van der Waals surface area contributed by atoms with Gasteiger partial charge in [0.1, 0.15) is 0 Å². The largest absolute Gasteiger partial charge is 0.393 e. The van der Waals surface area contributed by atoms with E-state index in [1.54, 1.807) is 0 Å². The third kappa shape index (κ3) is 0.686. The van der Waals surface area contributed by atoms with E-state index < -0.39 is 0 Å². The Hall–Kier alpha value is -0.0800. The van der Waals surface area contributed by atoms with Crippen molar-refractivity contribution < 1.29 is 10.2 Å². The summed E-state index contributed by atoms with van der Waals surface area (Å²) in [5.74, 6) is 0.303. The van der Waals surface area contributed by atoms with Crippen LogP contribution in [0.15, 0.2) is 0 Å². The third-order valence-corrected chi connectivity index (χ3v) is 4.71. The van der Waals surface area contributed by atoms with Crippen molar-refractivity contribution in [3.05, 3.63) is 0 Å². The second-order valence-corrected chi connectivity index (χ2v) is 5.27. The number of fused-ring (bicyclic) bond motifs is 2. The molecule has 0 spiro atoms. The summed E-state index contributed by atoms with van der Waals surface area (Å²) < 4.78 is 0.